The third-order valence-corrected chi connectivity index (χ3v) is 4.16. The smallest absolute Gasteiger partial charge is 0.305 e. The minimum Gasteiger partial charge on any atom is -0.489 e. The Kier molecular flexibility index (Phi) is 5.04. The van der Waals surface area contributed by atoms with Crippen molar-refractivity contribution >= 4 is 11.6 Å². The summed E-state index contributed by atoms with van der Waals surface area (Å²) in [6.07, 6.45) is 5.92. The number of rotatable bonds is 5. The number of hydrogen-bond donors (Lipinski definition) is 1. The van der Waals surface area contributed by atoms with Crippen LogP contribution in [0.3, 0.4) is 0 Å². The average molecular weight is 339 g/mol. The van der Waals surface area contributed by atoms with Crippen LogP contribution >= 0.6 is 0 Å². The first-order chi connectivity index (χ1) is 12.2. The second-order valence-electron chi connectivity index (χ2n) is 5.87. The predicted octanol–water partition coefficient (Wildman–Crippen LogP) is 3.06. The number of nitro groups is 1. The van der Waals surface area contributed by atoms with Gasteiger partial charge in [0.1, 0.15) is 24.2 Å². The number of nitrogens with one attached hydrogen (secondary N) is 1. The molecule has 128 valence electrons. The number of benzene rings is 1. The van der Waals surface area contributed by atoms with Crippen molar-refractivity contribution in [3.05, 3.63) is 52.3 Å². The predicted molar refractivity (Wildman–Crippen MR) is 90.1 cm³/mol. The monoisotopic (exact) mass is 339 g/mol. The molecule has 25 heavy (non-hydrogen) atoms. The van der Waals surface area contributed by atoms with Gasteiger partial charge in [-0.1, -0.05) is 12.1 Å². The maximum atomic E-state index is 10.6. The van der Waals surface area contributed by atoms with E-state index in [9.17, 15) is 10.1 Å². The molecule has 0 bridgehead atoms. The third-order valence-electron chi connectivity index (χ3n) is 4.16. The van der Waals surface area contributed by atoms with Crippen molar-refractivity contribution in [2.75, 3.05) is 5.32 Å². The molecule has 0 unspecified atom stereocenters. The number of aromatic nitrogens is 2. The molecule has 1 fully saturated rings. The van der Waals surface area contributed by atoms with Gasteiger partial charge in [0.05, 0.1) is 16.6 Å². The highest BCUT2D eigenvalue weighted by Gasteiger charge is 2.23. The lowest BCUT2D eigenvalue weighted by Crippen LogP contribution is -2.31. The molecular formula is C17H17N5O3. The third kappa shape index (κ3) is 4.20. The van der Waals surface area contributed by atoms with Crippen LogP contribution in [0.5, 0.6) is 5.75 Å². The van der Waals surface area contributed by atoms with Gasteiger partial charge in [-0.3, -0.25) is 10.1 Å². The quantitative estimate of drug-likeness (QED) is 0.657. The van der Waals surface area contributed by atoms with Gasteiger partial charge in [-0.05, 0) is 37.8 Å². The highest BCUT2D eigenvalue weighted by Crippen LogP contribution is 2.27. The zero-order valence-electron chi connectivity index (χ0n) is 13.5. The Morgan fingerprint density at radius 3 is 2.52 bits per heavy atom. The highest BCUT2D eigenvalue weighted by atomic mass is 16.6. The molecule has 0 atom stereocenters. The summed E-state index contributed by atoms with van der Waals surface area (Å²) >= 11 is 0. The number of para-hydroxylation sites is 1. The summed E-state index contributed by atoms with van der Waals surface area (Å²) in [6.45, 7) is 0. The lowest BCUT2D eigenvalue weighted by Gasteiger charge is -2.29. The molecule has 0 spiro atoms. The van der Waals surface area contributed by atoms with Crippen molar-refractivity contribution in [3.8, 4) is 11.8 Å². The van der Waals surface area contributed by atoms with Gasteiger partial charge in [-0.15, -0.1) is 0 Å². The van der Waals surface area contributed by atoms with Gasteiger partial charge >= 0.3 is 5.69 Å². The first-order valence-electron chi connectivity index (χ1n) is 8.04. The van der Waals surface area contributed by atoms with Crippen molar-refractivity contribution in [2.24, 2.45) is 0 Å². The maximum absolute atomic E-state index is 10.6. The average Bonchev–Trinajstić information content (AvgIpc) is 2.64. The first kappa shape index (κ1) is 16.6. The van der Waals surface area contributed by atoms with E-state index in [1.165, 1.54) is 12.4 Å². The number of nitriles is 1. The van der Waals surface area contributed by atoms with Crippen molar-refractivity contribution in [3.63, 3.8) is 0 Å². The number of ether oxygens (including phenoxy) is 1. The van der Waals surface area contributed by atoms with E-state index in [0.717, 1.165) is 25.7 Å². The minimum atomic E-state index is -0.522. The molecule has 2 aromatic rings. The number of hydrogen-bond acceptors (Lipinski definition) is 7. The first-order valence-corrected chi connectivity index (χ1v) is 8.04. The summed E-state index contributed by atoms with van der Waals surface area (Å²) in [5.74, 6) is 1.02. The van der Waals surface area contributed by atoms with E-state index in [4.69, 9.17) is 10.00 Å². The summed E-state index contributed by atoms with van der Waals surface area (Å²) < 4.78 is 5.96. The zero-order chi connectivity index (χ0) is 17.6. The Balaban J connectivity index is 1.52. The molecule has 1 aromatic carbocycles. The van der Waals surface area contributed by atoms with Crippen LogP contribution in [-0.4, -0.2) is 27.0 Å². The molecule has 1 aliphatic carbocycles. The standard InChI is InChI=1S/C17H17N5O3/c18-9-12-3-1-2-4-16(12)25-15-7-5-13(6-8-15)21-17-19-10-14(11-20-17)22(23)24/h1-4,10-11,13,15H,5-8H2,(H,19,20,21). The van der Waals surface area contributed by atoms with Crippen LogP contribution < -0.4 is 10.1 Å². The second-order valence-corrected chi connectivity index (χ2v) is 5.87. The van der Waals surface area contributed by atoms with Crippen LogP contribution in [0.15, 0.2) is 36.7 Å². The molecule has 1 N–H and O–H groups in total. The SMILES string of the molecule is N#Cc1ccccc1OC1CCC(Nc2ncc([N+](=O)[O-])cn2)CC1. The van der Waals surface area contributed by atoms with Gasteiger partial charge in [-0.25, -0.2) is 9.97 Å². The summed E-state index contributed by atoms with van der Waals surface area (Å²) in [5.41, 5.74) is 0.417. The lowest BCUT2D eigenvalue weighted by atomic mass is 9.93. The van der Waals surface area contributed by atoms with E-state index < -0.39 is 4.92 Å². The van der Waals surface area contributed by atoms with Crippen LogP contribution in [0, 0.1) is 21.4 Å². The van der Waals surface area contributed by atoms with Crippen LogP contribution in [0.4, 0.5) is 11.6 Å². The molecule has 1 saturated carbocycles. The van der Waals surface area contributed by atoms with Crippen molar-refractivity contribution in [1.82, 2.24) is 9.97 Å². The van der Waals surface area contributed by atoms with Crippen molar-refractivity contribution < 1.29 is 9.66 Å². The van der Waals surface area contributed by atoms with E-state index >= 15 is 0 Å². The Morgan fingerprint density at radius 2 is 1.88 bits per heavy atom. The fourth-order valence-electron chi connectivity index (χ4n) is 2.84. The van der Waals surface area contributed by atoms with Crippen LogP contribution in [-0.2, 0) is 0 Å². The molecule has 0 radical (unpaired) electrons. The molecule has 3 rings (SSSR count). The summed E-state index contributed by atoms with van der Waals surface area (Å²) in [7, 11) is 0. The van der Waals surface area contributed by atoms with Crippen LogP contribution in [0.1, 0.15) is 31.2 Å². The Bertz CT molecular complexity index is 780. The largest absolute Gasteiger partial charge is 0.489 e. The summed E-state index contributed by atoms with van der Waals surface area (Å²) in [6, 6.07) is 9.57. The van der Waals surface area contributed by atoms with Gasteiger partial charge in [0.25, 0.3) is 0 Å². The number of anilines is 1. The Hall–Kier alpha value is -3.21. The molecule has 0 aliphatic heterocycles. The van der Waals surface area contributed by atoms with Crippen LogP contribution in [0.2, 0.25) is 0 Å². The van der Waals surface area contributed by atoms with Crippen molar-refractivity contribution in [1.29, 1.82) is 5.26 Å². The fourth-order valence-corrected chi connectivity index (χ4v) is 2.84. The van der Waals surface area contributed by atoms with E-state index in [-0.39, 0.29) is 17.8 Å². The zero-order valence-corrected chi connectivity index (χ0v) is 13.5. The van der Waals surface area contributed by atoms with E-state index in [1.807, 2.05) is 18.2 Å². The molecule has 1 heterocycles. The van der Waals surface area contributed by atoms with Gasteiger partial charge in [0.2, 0.25) is 5.95 Å². The molecular weight excluding hydrogens is 322 g/mol. The summed E-state index contributed by atoms with van der Waals surface area (Å²) in [5, 5.41) is 22.9. The highest BCUT2D eigenvalue weighted by molar-refractivity contribution is 5.42. The Morgan fingerprint density at radius 1 is 1.20 bits per heavy atom. The van der Waals surface area contributed by atoms with Gasteiger partial charge < -0.3 is 10.1 Å². The molecule has 0 saturated heterocycles. The van der Waals surface area contributed by atoms with Crippen molar-refractivity contribution in [2.45, 2.75) is 37.8 Å². The fraction of sp³-hybridized carbons (Fsp3) is 0.353. The van der Waals surface area contributed by atoms with Gasteiger partial charge in [0, 0.05) is 6.04 Å². The molecule has 1 aliphatic rings. The van der Waals surface area contributed by atoms with E-state index in [1.54, 1.807) is 6.07 Å². The molecule has 1 aromatic heterocycles. The molecule has 8 heteroatoms. The normalized spacial score (nSPS) is 19.6. The minimum absolute atomic E-state index is 0.0744. The number of nitrogens with zero attached hydrogens (tertiary/aromatic N) is 4. The molecule has 8 nitrogen and oxygen atoms in total. The lowest BCUT2D eigenvalue weighted by molar-refractivity contribution is -0.385. The van der Waals surface area contributed by atoms with E-state index in [0.29, 0.717) is 17.3 Å². The molecule has 0 amide bonds. The van der Waals surface area contributed by atoms with Gasteiger partial charge in [-0.2, -0.15) is 5.26 Å². The Labute approximate surface area is 144 Å². The van der Waals surface area contributed by atoms with Crippen LogP contribution in [0.25, 0.3) is 0 Å². The van der Waals surface area contributed by atoms with E-state index in [2.05, 4.69) is 21.4 Å². The summed E-state index contributed by atoms with van der Waals surface area (Å²) in [4.78, 5) is 18.0. The second kappa shape index (κ2) is 7.57. The van der Waals surface area contributed by atoms with Gasteiger partial charge in [0.15, 0.2) is 0 Å². The topological polar surface area (TPSA) is 114 Å². The maximum Gasteiger partial charge on any atom is 0.305 e.